The number of rotatable bonds is 76. The summed E-state index contributed by atoms with van der Waals surface area (Å²) in [6.07, 6.45) is 95.0. The van der Waals surface area contributed by atoms with Gasteiger partial charge in [-0.1, -0.05) is 413 Å². The number of ether oxygens (including phenoxy) is 6. The molecule has 2 heterocycles. The Kier molecular flexibility index (Phi) is 79.4. The molecule has 0 atom stereocenters. The van der Waals surface area contributed by atoms with E-state index < -0.39 is 0 Å². The van der Waals surface area contributed by atoms with Crippen LogP contribution >= 0.6 is 0 Å². The molecule has 2 aromatic heterocycles. The van der Waals surface area contributed by atoms with Gasteiger partial charge in [0.05, 0.1) is 39.6 Å². The molecule has 0 N–H and O–H groups in total. The van der Waals surface area contributed by atoms with Gasteiger partial charge in [0.1, 0.15) is 0 Å². The van der Waals surface area contributed by atoms with Crippen molar-refractivity contribution in [1.82, 2.24) is 9.97 Å². The summed E-state index contributed by atoms with van der Waals surface area (Å²) in [7, 11) is 0. The van der Waals surface area contributed by atoms with Crippen molar-refractivity contribution in [3.05, 3.63) is 95.6 Å². The Morgan fingerprint density at radius 2 is 0.349 bits per heavy atom. The van der Waals surface area contributed by atoms with Gasteiger partial charge >= 0.3 is 0 Å². The molecule has 0 bridgehead atoms. The van der Waals surface area contributed by atoms with Crippen LogP contribution in [0.3, 0.4) is 0 Å². The van der Waals surface area contributed by atoms with Crippen molar-refractivity contribution in [1.29, 1.82) is 0 Å². The molecule has 4 rings (SSSR count). The molecular formula is C98H166Cl2N2O6Pd-2. The Morgan fingerprint density at radius 1 is 0.202 bits per heavy atom. The Balaban J connectivity index is 0.00000208. The molecule has 0 aliphatic rings. The van der Waals surface area contributed by atoms with Crippen LogP contribution in [0.1, 0.15) is 449 Å². The van der Waals surface area contributed by atoms with Gasteiger partial charge in [0.15, 0.2) is 23.0 Å². The minimum absolute atomic E-state index is 0. The summed E-state index contributed by atoms with van der Waals surface area (Å²) in [5.41, 5.74) is 4.40. The van der Waals surface area contributed by atoms with Gasteiger partial charge in [-0.15, -0.1) is 0 Å². The van der Waals surface area contributed by atoms with Gasteiger partial charge < -0.3 is 53.2 Å². The number of nitrogens with zero attached hydrogens (tertiary/aromatic N) is 2. The van der Waals surface area contributed by atoms with E-state index in [0.717, 1.165) is 95.3 Å². The minimum atomic E-state index is 0. The molecule has 4 aromatic rings. The molecule has 0 amide bonds. The maximum absolute atomic E-state index is 6.58. The smallest absolute Gasteiger partial charge is 0.203 e. The standard InChI is InChI=1S/2C49H83NO3.2ClH.Pd/c2*1-4-7-10-13-16-19-22-25-28-31-40-51-47-43-46(35-34-45-36-38-50-39-37-45)44-48(52-41-32-29-26-23-20-17-14-11-8-5-2)49(47)53-42-33-30-27-24-21-18-15-12-9-6-3;;;/h2*34-39,43-44H,4-33,40-42H2,1-3H3;2*1H;/p-2/b2*35-34+;;;. The summed E-state index contributed by atoms with van der Waals surface area (Å²) in [4.78, 5) is 8.36. The first-order valence-corrected chi connectivity index (χ1v) is 45.9. The zero-order valence-corrected chi connectivity index (χ0v) is 74.4. The fourth-order valence-electron chi connectivity index (χ4n) is 14.0. The van der Waals surface area contributed by atoms with Crippen molar-refractivity contribution >= 4 is 24.3 Å². The molecule has 11 heteroatoms. The van der Waals surface area contributed by atoms with E-state index >= 15 is 0 Å². The van der Waals surface area contributed by atoms with Gasteiger partial charge in [0, 0.05) is 45.2 Å². The van der Waals surface area contributed by atoms with Gasteiger partial charge in [-0.25, -0.2) is 0 Å². The molecule has 0 saturated heterocycles. The third-order valence-electron chi connectivity index (χ3n) is 20.9. The zero-order chi connectivity index (χ0) is 75.4. The van der Waals surface area contributed by atoms with E-state index in [1.165, 1.54) is 347 Å². The topological polar surface area (TPSA) is 81.2 Å². The van der Waals surface area contributed by atoms with Gasteiger partial charge in [-0.05, 0) is 109 Å². The predicted molar refractivity (Wildman–Crippen MR) is 463 cm³/mol. The Hall–Kier alpha value is -3.74. The quantitative estimate of drug-likeness (QED) is 0.0319. The van der Waals surface area contributed by atoms with Gasteiger partial charge in [0.25, 0.3) is 0 Å². The number of pyridine rings is 2. The van der Waals surface area contributed by atoms with E-state index in [1.807, 2.05) is 49.1 Å². The van der Waals surface area contributed by atoms with Crippen LogP contribution in [0, 0.1) is 0 Å². The number of unbranched alkanes of at least 4 members (excludes halogenated alkanes) is 54. The van der Waals surface area contributed by atoms with Crippen LogP contribution in [0.5, 0.6) is 34.5 Å². The van der Waals surface area contributed by atoms with E-state index in [1.54, 1.807) is 0 Å². The molecule has 2 aromatic carbocycles. The van der Waals surface area contributed by atoms with Crippen molar-refractivity contribution in [2.24, 2.45) is 0 Å². The summed E-state index contributed by atoms with van der Waals surface area (Å²) < 4.78 is 39.4. The Labute approximate surface area is 699 Å². The van der Waals surface area contributed by atoms with Crippen molar-refractivity contribution in [3.63, 3.8) is 0 Å². The second kappa shape index (κ2) is 82.2. The Bertz CT molecular complexity index is 2300. The van der Waals surface area contributed by atoms with E-state index in [9.17, 15) is 0 Å². The first kappa shape index (κ1) is 105. The van der Waals surface area contributed by atoms with Gasteiger partial charge in [0.2, 0.25) is 11.5 Å². The molecular weight excluding hydrogens is 1480 g/mol. The third kappa shape index (κ3) is 62.3. The van der Waals surface area contributed by atoms with Crippen molar-refractivity contribution in [2.45, 2.75) is 427 Å². The zero-order valence-electron chi connectivity index (χ0n) is 71.3. The number of hydrogen-bond donors (Lipinski definition) is 0. The largest absolute Gasteiger partial charge is 1.00 e. The minimum Gasteiger partial charge on any atom is -1.00 e. The molecule has 109 heavy (non-hydrogen) atoms. The molecule has 0 saturated carbocycles. The molecule has 8 nitrogen and oxygen atoms in total. The van der Waals surface area contributed by atoms with E-state index in [0.29, 0.717) is 39.6 Å². The molecule has 0 radical (unpaired) electrons. The number of aromatic nitrogens is 2. The van der Waals surface area contributed by atoms with Crippen LogP contribution in [0.15, 0.2) is 73.3 Å². The summed E-state index contributed by atoms with van der Waals surface area (Å²) in [5, 5.41) is 0. The van der Waals surface area contributed by atoms with Crippen LogP contribution in [0.4, 0.5) is 0 Å². The van der Waals surface area contributed by atoms with Crippen LogP contribution < -0.4 is 53.2 Å². The molecule has 0 aliphatic carbocycles. The summed E-state index contributed by atoms with van der Waals surface area (Å²) in [6.45, 7) is 18.0. The van der Waals surface area contributed by atoms with Crippen molar-refractivity contribution in [3.8, 4) is 34.5 Å². The molecule has 0 aliphatic heterocycles. The molecule has 0 fully saturated rings. The van der Waals surface area contributed by atoms with E-state index in [-0.39, 0.29) is 45.2 Å². The fourth-order valence-corrected chi connectivity index (χ4v) is 14.0. The molecule has 630 valence electrons. The number of halogens is 2. The molecule has 0 unspecified atom stereocenters. The monoisotopic (exact) mass is 1640 g/mol. The average Bonchev–Trinajstić information content (AvgIpc) is 0.830. The predicted octanol–water partition coefficient (Wildman–Crippen LogP) is 26.3. The number of hydrogen-bond acceptors (Lipinski definition) is 8. The van der Waals surface area contributed by atoms with Crippen molar-refractivity contribution in [2.75, 3.05) is 39.6 Å². The Morgan fingerprint density at radius 3 is 0.523 bits per heavy atom. The second-order valence-electron chi connectivity index (χ2n) is 31.1. The summed E-state index contributed by atoms with van der Waals surface area (Å²) in [6, 6.07) is 16.7. The van der Waals surface area contributed by atoms with E-state index in [2.05, 4.69) is 100 Å². The number of benzene rings is 2. The fraction of sp³-hybridized carbons (Fsp3) is 0.735. The summed E-state index contributed by atoms with van der Waals surface area (Å²) >= 11 is 0. The third-order valence-corrected chi connectivity index (χ3v) is 20.9. The van der Waals surface area contributed by atoms with Gasteiger partial charge in [-0.2, -0.15) is 0 Å². The second-order valence-corrected chi connectivity index (χ2v) is 31.1. The van der Waals surface area contributed by atoms with Gasteiger partial charge in [-0.3, -0.25) is 9.97 Å². The maximum atomic E-state index is 6.58. The van der Waals surface area contributed by atoms with E-state index in [4.69, 9.17) is 28.4 Å². The van der Waals surface area contributed by atoms with Crippen molar-refractivity contribution < 1.29 is 73.7 Å². The maximum Gasteiger partial charge on any atom is 0.203 e. The molecule has 0 spiro atoms. The normalized spacial score (nSPS) is 11.1. The first-order chi connectivity index (χ1) is 52.6. The summed E-state index contributed by atoms with van der Waals surface area (Å²) in [5.74, 6) is 4.87. The van der Waals surface area contributed by atoms with Crippen LogP contribution in [0.25, 0.3) is 24.3 Å². The van der Waals surface area contributed by atoms with Crippen LogP contribution in [-0.2, 0) is 20.4 Å². The van der Waals surface area contributed by atoms with Crippen LogP contribution in [0.2, 0.25) is 0 Å². The average molecular weight is 1650 g/mol. The SMILES string of the molecule is CCCCCCCCCCCCOc1cc(/C=C/c2ccncc2)cc(OCCCCCCCCCCCC)c1OCCCCCCCCCCCC.CCCCCCCCCCCCOc1cc(/C=C/c2ccncc2)cc(OCCCCCCCCCCCC)c1OCCCCCCCCCCCC.[Cl-].[Cl-].[Pd]. The van der Waals surface area contributed by atoms with Crippen LogP contribution in [-0.4, -0.2) is 49.6 Å². The first-order valence-electron chi connectivity index (χ1n) is 45.9.